The van der Waals surface area contributed by atoms with E-state index in [1.54, 1.807) is 0 Å². The third-order valence-corrected chi connectivity index (χ3v) is 11.4. The maximum Gasteiger partial charge on any atom is 0.143 e. The molecule has 3 nitrogen and oxygen atoms in total. The van der Waals surface area contributed by atoms with E-state index in [0.717, 1.165) is 83.2 Å². The fourth-order valence-corrected chi connectivity index (χ4v) is 8.91. The lowest BCUT2D eigenvalue weighted by molar-refractivity contribution is 0.669. The smallest absolute Gasteiger partial charge is 0.143 e. The Balaban J connectivity index is 1.01. The van der Waals surface area contributed by atoms with Gasteiger partial charge in [-0.2, -0.15) is 0 Å². The number of hydrogen-bond acceptors (Lipinski definition) is 4. The topological polar surface area (TPSA) is 29.5 Å². The number of nitrogens with zero attached hydrogens (tertiary/aromatic N) is 1. The number of thiophene rings is 1. The van der Waals surface area contributed by atoms with Gasteiger partial charge in [0, 0.05) is 64.3 Å². The molecule has 0 radical (unpaired) electrons. The Bertz CT molecular complexity index is 3130. The van der Waals surface area contributed by atoms with Gasteiger partial charge in [0.25, 0.3) is 0 Å². The van der Waals surface area contributed by atoms with Crippen molar-refractivity contribution in [2.24, 2.45) is 0 Å². The molecule has 3 aromatic heterocycles. The van der Waals surface area contributed by atoms with Crippen LogP contribution < -0.4 is 4.90 Å². The zero-order valence-electron chi connectivity index (χ0n) is 27.9. The SMILES string of the molecule is c1ccc2c(c1)oc1cc(-c3ccc(N(c4ccc(-c5cccc6c5oc5ccccc56)cc4)c4ccc5c(c4)sc4ccccc45)cc3)ccc12. The highest BCUT2D eigenvalue weighted by Gasteiger charge is 2.17. The van der Waals surface area contributed by atoms with Gasteiger partial charge < -0.3 is 13.7 Å². The molecule has 0 saturated carbocycles. The third kappa shape index (κ3) is 4.58. The highest BCUT2D eigenvalue weighted by atomic mass is 32.1. The van der Waals surface area contributed by atoms with E-state index >= 15 is 0 Å². The maximum atomic E-state index is 6.39. The van der Waals surface area contributed by atoms with E-state index < -0.39 is 0 Å². The summed E-state index contributed by atoms with van der Waals surface area (Å²) in [5.41, 5.74) is 11.4. The van der Waals surface area contributed by atoms with Gasteiger partial charge >= 0.3 is 0 Å². The minimum absolute atomic E-state index is 0.902. The van der Waals surface area contributed by atoms with Gasteiger partial charge in [-0.05, 0) is 83.4 Å². The Kier molecular flexibility index (Phi) is 6.42. The highest BCUT2D eigenvalue weighted by Crippen LogP contribution is 2.43. The maximum absolute atomic E-state index is 6.39. The van der Waals surface area contributed by atoms with Gasteiger partial charge in [0.2, 0.25) is 0 Å². The number of anilines is 3. The second-order valence-electron chi connectivity index (χ2n) is 13.3. The monoisotopic (exact) mass is 683 g/mol. The first kappa shape index (κ1) is 29.1. The van der Waals surface area contributed by atoms with Crippen LogP contribution in [0.25, 0.3) is 86.3 Å². The molecule has 0 N–H and O–H groups in total. The average Bonchev–Trinajstić information content (AvgIpc) is 3.89. The zero-order chi connectivity index (χ0) is 34.2. The molecule has 8 aromatic carbocycles. The van der Waals surface area contributed by atoms with E-state index in [2.05, 4.69) is 157 Å². The lowest BCUT2D eigenvalue weighted by atomic mass is 10.0. The molecule has 11 rings (SSSR count). The van der Waals surface area contributed by atoms with E-state index in [1.165, 1.54) is 20.2 Å². The van der Waals surface area contributed by atoms with Crippen LogP contribution in [0.2, 0.25) is 0 Å². The summed E-state index contributed by atoms with van der Waals surface area (Å²) in [6, 6.07) is 62.6. The van der Waals surface area contributed by atoms with Crippen molar-refractivity contribution in [3.8, 4) is 22.3 Å². The lowest BCUT2D eigenvalue weighted by Crippen LogP contribution is -2.09. The second-order valence-corrected chi connectivity index (χ2v) is 14.4. The standard InChI is InChI=1S/C48H29NO2S/c1-4-13-43-37(8-1)39-26-20-32(28-45(39)50-43)30-16-21-33(22-17-30)49(35-25-27-41-40-10-3-6-15-46(40)52-47(41)29-35)34-23-18-31(19-24-34)36-11-7-12-42-38-9-2-5-14-44(38)51-48(36)42/h1-29H. The Morgan fingerprint density at radius 3 is 1.69 bits per heavy atom. The Morgan fingerprint density at radius 1 is 0.346 bits per heavy atom. The third-order valence-electron chi connectivity index (χ3n) is 10.3. The first-order valence-corrected chi connectivity index (χ1v) is 18.3. The van der Waals surface area contributed by atoms with E-state index in [0.29, 0.717) is 0 Å². The zero-order valence-corrected chi connectivity index (χ0v) is 28.7. The van der Waals surface area contributed by atoms with Crippen LogP contribution in [-0.4, -0.2) is 0 Å². The number of fused-ring (bicyclic) bond motifs is 9. The summed E-state index contributed by atoms with van der Waals surface area (Å²) in [5.74, 6) is 0. The Hall–Kier alpha value is -6.62. The van der Waals surface area contributed by atoms with Crippen LogP contribution in [0.5, 0.6) is 0 Å². The molecule has 0 spiro atoms. The summed E-state index contributed by atoms with van der Waals surface area (Å²) in [4.78, 5) is 2.35. The quantitative estimate of drug-likeness (QED) is 0.181. The molecule has 0 atom stereocenters. The van der Waals surface area contributed by atoms with Crippen LogP contribution in [0.3, 0.4) is 0 Å². The summed E-state index contributed by atoms with van der Waals surface area (Å²) in [6.45, 7) is 0. The molecule has 0 aliphatic rings. The van der Waals surface area contributed by atoms with Crippen LogP contribution in [0, 0.1) is 0 Å². The van der Waals surface area contributed by atoms with E-state index in [4.69, 9.17) is 8.83 Å². The van der Waals surface area contributed by atoms with Crippen LogP contribution in [0.1, 0.15) is 0 Å². The molecular formula is C48H29NO2S. The average molecular weight is 684 g/mol. The van der Waals surface area contributed by atoms with Gasteiger partial charge in [-0.3, -0.25) is 0 Å². The molecule has 0 amide bonds. The molecule has 3 heterocycles. The van der Waals surface area contributed by atoms with E-state index in [1.807, 2.05) is 35.6 Å². The van der Waals surface area contributed by atoms with E-state index in [9.17, 15) is 0 Å². The van der Waals surface area contributed by atoms with Crippen molar-refractivity contribution in [2.75, 3.05) is 4.90 Å². The normalized spacial score (nSPS) is 11.8. The molecule has 52 heavy (non-hydrogen) atoms. The summed E-state index contributed by atoms with van der Waals surface area (Å²) in [7, 11) is 0. The Morgan fingerprint density at radius 2 is 0.904 bits per heavy atom. The fraction of sp³-hybridized carbons (Fsp3) is 0. The molecule has 0 aliphatic carbocycles. The van der Waals surface area contributed by atoms with Crippen LogP contribution in [0.4, 0.5) is 17.1 Å². The van der Waals surface area contributed by atoms with Crippen molar-refractivity contribution in [3.63, 3.8) is 0 Å². The Labute approximate surface area is 303 Å². The fourth-order valence-electron chi connectivity index (χ4n) is 7.77. The first-order valence-electron chi connectivity index (χ1n) is 17.5. The van der Waals surface area contributed by atoms with Gasteiger partial charge in [-0.15, -0.1) is 11.3 Å². The van der Waals surface area contributed by atoms with Crippen molar-refractivity contribution < 1.29 is 8.83 Å². The predicted molar refractivity (Wildman–Crippen MR) is 219 cm³/mol. The molecule has 11 aromatic rings. The first-order chi connectivity index (χ1) is 25.7. The van der Waals surface area contributed by atoms with Gasteiger partial charge in [-0.1, -0.05) is 109 Å². The molecule has 0 fully saturated rings. The second kappa shape index (κ2) is 11.5. The summed E-state index contributed by atoms with van der Waals surface area (Å²) < 4.78 is 15.2. The number of para-hydroxylation sites is 3. The van der Waals surface area contributed by atoms with Crippen molar-refractivity contribution in [1.29, 1.82) is 0 Å². The minimum Gasteiger partial charge on any atom is -0.456 e. The minimum atomic E-state index is 0.902. The van der Waals surface area contributed by atoms with Crippen molar-refractivity contribution in [1.82, 2.24) is 0 Å². The molecule has 4 heteroatoms. The number of hydrogen-bond donors (Lipinski definition) is 0. The molecule has 244 valence electrons. The van der Waals surface area contributed by atoms with Crippen molar-refractivity contribution in [3.05, 3.63) is 176 Å². The predicted octanol–water partition coefficient (Wildman–Crippen LogP) is 14.7. The van der Waals surface area contributed by atoms with Crippen LogP contribution in [0.15, 0.2) is 185 Å². The van der Waals surface area contributed by atoms with Crippen molar-refractivity contribution in [2.45, 2.75) is 0 Å². The largest absolute Gasteiger partial charge is 0.456 e. The lowest BCUT2D eigenvalue weighted by Gasteiger charge is -2.26. The molecular weight excluding hydrogens is 655 g/mol. The van der Waals surface area contributed by atoms with Crippen LogP contribution in [-0.2, 0) is 0 Å². The molecule has 0 unspecified atom stereocenters. The highest BCUT2D eigenvalue weighted by molar-refractivity contribution is 7.25. The number of rotatable bonds is 5. The van der Waals surface area contributed by atoms with E-state index in [-0.39, 0.29) is 0 Å². The number of furan rings is 2. The number of benzene rings is 8. The molecule has 0 aliphatic heterocycles. The van der Waals surface area contributed by atoms with Gasteiger partial charge in [-0.25, -0.2) is 0 Å². The molecule has 0 bridgehead atoms. The summed E-state index contributed by atoms with van der Waals surface area (Å²) >= 11 is 1.84. The van der Waals surface area contributed by atoms with Gasteiger partial charge in [0.1, 0.15) is 22.3 Å². The van der Waals surface area contributed by atoms with Gasteiger partial charge in [0.15, 0.2) is 0 Å². The molecule has 0 saturated heterocycles. The summed E-state index contributed by atoms with van der Waals surface area (Å²) in [6.07, 6.45) is 0. The van der Waals surface area contributed by atoms with Gasteiger partial charge in [0.05, 0.1) is 0 Å². The summed E-state index contributed by atoms with van der Waals surface area (Å²) in [5, 5.41) is 7.14. The van der Waals surface area contributed by atoms with Crippen LogP contribution >= 0.6 is 11.3 Å². The van der Waals surface area contributed by atoms with Crippen molar-refractivity contribution >= 4 is 92.4 Å².